The lowest BCUT2D eigenvalue weighted by molar-refractivity contribution is 0.0357. The molecular formula is C18H20ClN3O3. The molecule has 0 spiro atoms. The van der Waals surface area contributed by atoms with Crippen molar-refractivity contribution in [2.75, 3.05) is 46.6 Å². The van der Waals surface area contributed by atoms with Gasteiger partial charge in [0, 0.05) is 37.3 Å². The molecule has 1 aliphatic heterocycles. The van der Waals surface area contributed by atoms with Crippen LogP contribution in [-0.4, -0.2) is 56.4 Å². The Labute approximate surface area is 151 Å². The summed E-state index contributed by atoms with van der Waals surface area (Å²) in [4.78, 5) is 6.62. The van der Waals surface area contributed by atoms with Crippen molar-refractivity contribution in [3.63, 3.8) is 0 Å². The lowest BCUT2D eigenvalue weighted by atomic mass is 10.1. The van der Waals surface area contributed by atoms with Crippen LogP contribution in [0.5, 0.6) is 11.5 Å². The minimum atomic E-state index is 0.345. The van der Waals surface area contributed by atoms with E-state index in [4.69, 9.17) is 31.1 Å². The number of hydrogen-bond acceptors (Lipinski definition) is 6. The summed E-state index contributed by atoms with van der Waals surface area (Å²) >= 11 is 6.29. The van der Waals surface area contributed by atoms with Crippen molar-refractivity contribution in [1.29, 1.82) is 5.26 Å². The Kier molecular flexibility index (Phi) is 5.92. The van der Waals surface area contributed by atoms with Crippen LogP contribution in [0, 0.1) is 11.3 Å². The number of halogens is 1. The molecule has 0 bridgehead atoms. The number of aromatic nitrogens is 1. The van der Waals surface area contributed by atoms with Gasteiger partial charge in [0.15, 0.2) is 11.5 Å². The van der Waals surface area contributed by atoms with Gasteiger partial charge in [-0.05, 0) is 12.5 Å². The SMILES string of the molecule is COc1cc2ncc(C#N)c(Cl)c2cc1OCCCN1CCOCC1. The summed E-state index contributed by atoms with van der Waals surface area (Å²) in [6.45, 7) is 5.08. The number of hydrogen-bond donors (Lipinski definition) is 0. The molecule has 1 aromatic carbocycles. The molecule has 2 heterocycles. The monoisotopic (exact) mass is 361 g/mol. The second-order valence-electron chi connectivity index (χ2n) is 5.77. The summed E-state index contributed by atoms with van der Waals surface area (Å²) in [5.41, 5.74) is 1.01. The minimum Gasteiger partial charge on any atom is -0.493 e. The summed E-state index contributed by atoms with van der Waals surface area (Å²) < 4.78 is 16.6. The molecule has 132 valence electrons. The third-order valence-electron chi connectivity index (χ3n) is 4.19. The van der Waals surface area contributed by atoms with Gasteiger partial charge in [-0.3, -0.25) is 9.88 Å². The molecule has 2 aromatic rings. The number of morpholine rings is 1. The highest BCUT2D eigenvalue weighted by Gasteiger charge is 2.13. The third-order valence-corrected chi connectivity index (χ3v) is 4.60. The molecule has 1 saturated heterocycles. The van der Waals surface area contributed by atoms with Gasteiger partial charge in [0.25, 0.3) is 0 Å². The number of pyridine rings is 1. The third kappa shape index (κ3) is 4.13. The van der Waals surface area contributed by atoms with Crippen LogP contribution in [-0.2, 0) is 4.74 Å². The quantitative estimate of drug-likeness (QED) is 0.737. The Morgan fingerprint density at radius 1 is 1.32 bits per heavy atom. The van der Waals surface area contributed by atoms with Gasteiger partial charge in [0.05, 0.1) is 43.0 Å². The van der Waals surface area contributed by atoms with Crippen molar-refractivity contribution in [2.45, 2.75) is 6.42 Å². The molecule has 0 amide bonds. The minimum absolute atomic E-state index is 0.345. The van der Waals surface area contributed by atoms with Crippen LogP contribution in [0.25, 0.3) is 10.9 Å². The molecule has 7 heteroatoms. The van der Waals surface area contributed by atoms with Gasteiger partial charge in [0.1, 0.15) is 6.07 Å². The number of nitriles is 1. The first kappa shape index (κ1) is 17.7. The number of fused-ring (bicyclic) bond motifs is 1. The molecule has 1 aliphatic rings. The summed E-state index contributed by atoms with van der Waals surface area (Å²) in [7, 11) is 1.59. The average molecular weight is 362 g/mol. The Morgan fingerprint density at radius 3 is 2.84 bits per heavy atom. The average Bonchev–Trinajstić information content (AvgIpc) is 2.66. The van der Waals surface area contributed by atoms with E-state index < -0.39 is 0 Å². The largest absolute Gasteiger partial charge is 0.493 e. The van der Waals surface area contributed by atoms with Crippen molar-refractivity contribution in [2.24, 2.45) is 0 Å². The Bertz CT molecular complexity index is 785. The lowest BCUT2D eigenvalue weighted by Gasteiger charge is -2.26. The van der Waals surface area contributed by atoms with Crippen molar-refractivity contribution < 1.29 is 14.2 Å². The second kappa shape index (κ2) is 8.34. The number of ether oxygens (including phenoxy) is 3. The van der Waals surface area contributed by atoms with E-state index in [1.165, 1.54) is 6.20 Å². The van der Waals surface area contributed by atoms with Gasteiger partial charge in [0.2, 0.25) is 0 Å². The summed E-state index contributed by atoms with van der Waals surface area (Å²) in [6, 6.07) is 5.61. The van der Waals surface area contributed by atoms with Crippen molar-refractivity contribution in [1.82, 2.24) is 9.88 Å². The van der Waals surface area contributed by atoms with Crippen LogP contribution in [0.3, 0.4) is 0 Å². The smallest absolute Gasteiger partial charge is 0.162 e. The maximum atomic E-state index is 9.10. The van der Waals surface area contributed by atoms with E-state index in [-0.39, 0.29) is 0 Å². The van der Waals surface area contributed by atoms with Crippen LogP contribution >= 0.6 is 11.6 Å². The predicted molar refractivity (Wildman–Crippen MR) is 95.4 cm³/mol. The number of benzene rings is 1. The molecule has 0 unspecified atom stereocenters. The number of rotatable bonds is 6. The normalized spacial score (nSPS) is 15.1. The highest BCUT2D eigenvalue weighted by atomic mass is 35.5. The number of nitrogens with zero attached hydrogens (tertiary/aromatic N) is 3. The highest BCUT2D eigenvalue weighted by Crippen LogP contribution is 2.35. The second-order valence-corrected chi connectivity index (χ2v) is 6.15. The fourth-order valence-electron chi connectivity index (χ4n) is 2.81. The van der Waals surface area contributed by atoms with Crippen LogP contribution in [0.15, 0.2) is 18.3 Å². The maximum Gasteiger partial charge on any atom is 0.162 e. The molecule has 1 fully saturated rings. The van der Waals surface area contributed by atoms with Gasteiger partial charge in [-0.15, -0.1) is 0 Å². The van der Waals surface area contributed by atoms with E-state index in [1.807, 2.05) is 6.07 Å². The van der Waals surface area contributed by atoms with Gasteiger partial charge >= 0.3 is 0 Å². The molecule has 0 saturated carbocycles. The van der Waals surface area contributed by atoms with E-state index in [0.29, 0.717) is 39.6 Å². The van der Waals surface area contributed by atoms with E-state index in [2.05, 4.69) is 9.88 Å². The lowest BCUT2D eigenvalue weighted by Crippen LogP contribution is -2.37. The van der Waals surface area contributed by atoms with Gasteiger partial charge < -0.3 is 14.2 Å². The predicted octanol–water partition coefficient (Wildman–Crippen LogP) is 2.87. The van der Waals surface area contributed by atoms with Crippen molar-refractivity contribution in [3.05, 3.63) is 28.9 Å². The first-order valence-corrected chi connectivity index (χ1v) is 8.60. The van der Waals surface area contributed by atoms with Crippen LogP contribution in [0.2, 0.25) is 5.02 Å². The molecule has 0 radical (unpaired) electrons. The molecule has 6 nitrogen and oxygen atoms in total. The Morgan fingerprint density at radius 2 is 2.12 bits per heavy atom. The van der Waals surface area contributed by atoms with Crippen molar-refractivity contribution >= 4 is 22.5 Å². The van der Waals surface area contributed by atoms with Gasteiger partial charge in [-0.25, -0.2) is 0 Å². The fourth-order valence-corrected chi connectivity index (χ4v) is 3.06. The molecule has 0 atom stereocenters. The topological polar surface area (TPSA) is 67.6 Å². The summed E-state index contributed by atoms with van der Waals surface area (Å²) in [6.07, 6.45) is 2.37. The molecular weight excluding hydrogens is 342 g/mol. The van der Waals surface area contributed by atoms with Crippen LogP contribution < -0.4 is 9.47 Å². The zero-order valence-electron chi connectivity index (χ0n) is 14.1. The van der Waals surface area contributed by atoms with Crippen LogP contribution in [0.1, 0.15) is 12.0 Å². The van der Waals surface area contributed by atoms with E-state index >= 15 is 0 Å². The van der Waals surface area contributed by atoms with E-state index in [0.717, 1.165) is 39.3 Å². The first-order valence-electron chi connectivity index (χ1n) is 8.22. The van der Waals surface area contributed by atoms with Gasteiger partial charge in [-0.2, -0.15) is 5.26 Å². The zero-order chi connectivity index (χ0) is 17.6. The molecule has 25 heavy (non-hydrogen) atoms. The van der Waals surface area contributed by atoms with Gasteiger partial charge in [-0.1, -0.05) is 11.6 Å². The van der Waals surface area contributed by atoms with Crippen LogP contribution in [0.4, 0.5) is 0 Å². The molecule has 0 aliphatic carbocycles. The Balaban J connectivity index is 1.71. The Hall–Kier alpha value is -2.07. The van der Waals surface area contributed by atoms with Crippen molar-refractivity contribution in [3.8, 4) is 17.6 Å². The summed E-state index contributed by atoms with van der Waals surface area (Å²) in [5, 5.41) is 10.2. The standard InChI is InChI=1S/C18H20ClN3O3/c1-23-16-10-15-14(18(19)13(11-20)12-21-15)9-17(16)25-6-2-3-22-4-7-24-8-5-22/h9-10,12H,2-8H2,1H3. The molecule has 1 aromatic heterocycles. The molecule has 0 N–H and O–H groups in total. The maximum absolute atomic E-state index is 9.10. The summed E-state index contributed by atoms with van der Waals surface area (Å²) in [5.74, 6) is 1.21. The number of methoxy groups -OCH3 is 1. The van der Waals surface area contributed by atoms with E-state index in [1.54, 1.807) is 19.2 Å². The van der Waals surface area contributed by atoms with E-state index in [9.17, 15) is 0 Å². The first-order chi connectivity index (χ1) is 12.2. The fraction of sp³-hybridized carbons (Fsp3) is 0.444. The zero-order valence-corrected chi connectivity index (χ0v) is 14.9. The molecule has 3 rings (SSSR count). The highest BCUT2D eigenvalue weighted by molar-refractivity contribution is 6.36.